The first-order chi connectivity index (χ1) is 6.97. The zero-order valence-corrected chi connectivity index (χ0v) is 9.50. The lowest BCUT2D eigenvalue weighted by molar-refractivity contribution is 0.0938. The number of benzene rings is 1. The summed E-state index contributed by atoms with van der Waals surface area (Å²) in [6.45, 7) is 6.02. The molecule has 0 radical (unpaired) electrons. The zero-order valence-electron chi connectivity index (χ0n) is 9.50. The Morgan fingerprint density at radius 2 is 2.00 bits per heavy atom. The smallest absolute Gasteiger partial charge is 0.165 e. The SMILES string of the molecule is Cc1cc(N)cc(CN)c1C(=O)C(C)C. The monoisotopic (exact) mass is 206 g/mol. The molecule has 1 aromatic rings. The molecular weight excluding hydrogens is 188 g/mol. The van der Waals surface area contributed by atoms with E-state index in [1.54, 1.807) is 6.07 Å². The van der Waals surface area contributed by atoms with E-state index in [0.29, 0.717) is 12.2 Å². The van der Waals surface area contributed by atoms with Crippen LogP contribution in [0.15, 0.2) is 12.1 Å². The third-order valence-corrected chi connectivity index (χ3v) is 2.43. The minimum absolute atomic E-state index is 0.0161. The number of nitrogens with two attached hydrogens (primary N) is 2. The van der Waals surface area contributed by atoms with Crippen LogP contribution in [0.1, 0.15) is 35.3 Å². The summed E-state index contributed by atoms with van der Waals surface area (Å²) < 4.78 is 0. The lowest BCUT2D eigenvalue weighted by Gasteiger charge is -2.13. The summed E-state index contributed by atoms with van der Waals surface area (Å²) in [5.41, 5.74) is 14.5. The van der Waals surface area contributed by atoms with E-state index < -0.39 is 0 Å². The Hall–Kier alpha value is -1.35. The molecule has 0 atom stereocenters. The molecule has 0 heterocycles. The summed E-state index contributed by atoms with van der Waals surface area (Å²) in [7, 11) is 0. The van der Waals surface area contributed by atoms with E-state index in [1.807, 2.05) is 26.8 Å². The van der Waals surface area contributed by atoms with Crippen LogP contribution in [0.3, 0.4) is 0 Å². The third kappa shape index (κ3) is 2.36. The van der Waals surface area contributed by atoms with Crippen LogP contribution < -0.4 is 11.5 Å². The number of aryl methyl sites for hydroxylation is 1. The van der Waals surface area contributed by atoms with Gasteiger partial charge >= 0.3 is 0 Å². The molecule has 0 saturated carbocycles. The van der Waals surface area contributed by atoms with Crippen molar-refractivity contribution >= 4 is 11.5 Å². The molecule has 0 saturated heterocycles. The molecule has 3 nitrogen and oxygen atoms in total. The van der Waals surface area contributed by atoms with Crippen molar-refractivity contribution < 1.29 is 4.79 Å². The number of hydrogen-bond acceptors (Lipinski definition) is 3. The molecule has 0 fully saturated rings. The number of ketones is 1. The maximum absolute atomic E-state index is 12.0. The number of carbonyl (C=O) groups excluding carboxylic acids is 1. The largest absolute Gasteiger partial charge is 0.399 e. The summed E-state index contributed by atoms with van der Waals surface area (Å²) in [6, 6.07) is 3.59. The number of nitrogen functional groups attached to an aromatic ring is 1. The molecule has 0 aliphatic heterocycles. The predicted octanol–water partition coefficient (Wildman–Crippen LogP) is 1.87. The first-order valence-electron chi connectivity index (χ1n) is 5.10. The van der Waals surface area contributed by atoms with Gasteiger partial charge in [-0.3, -0.25) is 4.79 Å². The standard InChI is InChI=1S/C12H18N2O/c1-7(2)12(15)11-8(3)4-10(14)5-9(11)6-13/h4-5,7H,6,13-14H2,1-3H3. The molecule has 1 aromatic carbocycles. The number of rotatable bonds is 3. The summed E-state index contributed by atoms with van der Waals surface area (Å²) in [5, 5.41) is 0. The Morgan fingerprint density at radius 3 is 2.47 bits per heavy atom. The van der Waals surface area contributed by atoms with Crippen molar-refractivity contribution in [3.63, 3.8) is 0 Å². The fourth-order valence-electron chi connectivity index (χ4n) is 1.69. The highest BCUT2D eigenvalue weighted by Gasteiger charge is 2.17. The summed E-state index contributed by atoms with van der Waals surface area (Å²) >= 11 is 0. The summed E-state index contributed by atoms with van der Waals surface area (Å²) in [6.07, 6.45) is 0. The molecule has 0 amide bonds. The van der Waals surface area contributed by atoms with Crippen molar-refractivity contribution in [2.75, 3.05) is 5.73 Å². The van der Waals surface area contributed by atoms with Crippen LogP contribution in [0.5, 0.6) is 0 Å². The van der Waals surface area contributed by atoms with E-state index in [-0.39, 0.29) is 11.7 Å². The average Bonchev–Trinajstić information content (AvgIpc) is 2.15. The van der Waals surface area contributed by atoms with Gasteiger partial charge in [-0.05, 0) is 30.2 Å². The first kappa shape index (κ1) is 11.7. The van der Waals surface area contributed by atoms with E-state index in [9.17, 15) is 4.79 Å². The van der Waals surface area contributed by atoms with Gasteiger partial charge < -0.3 is 11.5 Å². The molecule has 3 heteroatoms. The van der Waals surface area contributed by atoms with Crippen molar-refractivity contribution in [1.82, 2.24) is 0 Å². The summed E-state index contributed by atoms with van der Waals surface area (Å²) in [5.74, 6) is 0.116. The highest BCUT2D eigenvalue weighted by Crippen LogP contribution is 2.21. The van der Waals surface area contributed by atoms with Crippen LogP contribution >= 0.6 is 0 Å². The van der Waals surface area contributed by atoms with Gasteiger partial charge in [-0.25, -0.2) is 0 Å². The molecule has 0 bridgehead atoms. The molecule has 0 unspecified atom stereocenters. The lowest BCUT2D eigenvalue weighted by atomic mass is 9.92. The van der Waals surface area contributed by atoms with E-state index in [0.717, 1.165) is 16.7 Å². The van der Waals surface area contributed by atoms with Gasteiger partial charge in [0.05, 0.1) is 0 Å². The van der Waals surface area contributed by atoms with E-state index in [1.165, 1.54) is 0 Å². The second-order valence-corrected chi connectivity index (χ2v) is 4.10. The molecule has 0 aromatic heterocycles. The molecule has 4 N–H and O–H groups in total. The minimum Gasteiger partial charge on any atom is -0.399 e. The Labute approximate surface area is 90.5 Å². The molecule has 82 valence electrons. The van der Waals surface area contributed by atoms with Crippen LogP contribution in [-0.4, -0.2) is 5.78 Å². The number of anilines is 1. The number of carbonyl (C=O) groups is 1. The maximum Gasteiger partial charge on any atom is 0.165 e. The van der Waals surface area contributed by atoms with Gasteiger partial charge in [-0.1, -0.05) is 13.8 Å². The topological polar surface area (TPSA) is 69.1 Å². The molecule has 0 aliphatic carbocycles. The molecule has 15 heavy (non-hydrogen) atoms. The molecule has 0 aliphatic rings. The first-order valence-corrected chi connectivity index (χ1v) is 5.10. The van der Waals surface area contributed by atoms with Gasteiger partial charge in [-0.15, -0.1) is 0 Å². The van der Waals surface area contributed by atoms with Crippen LogP contribution in [-0.2, 0) is 6.54 Å². The van der Waals surface area contributed by atoms with Gasteiger partial charge in [0, 0.05) is 23.7 Å². The van der Waals surface area contributed by atoms with Crippen molar-refractivity contribution in [2.24, 2.45) is 11.7 Å². The normalized spacial score (nSPS) is 10.7. The fraction of sp³-hybridized carbons (Fsp3) is 0.417. The Kier molecular flexibility index (Phi) is 3.48. The van der Waals surface area contributed by atoms with Crippen molar-refractivity contribution in [3.05, 3.63) is 28.8 Å². The van der Waals surface area contributed by atoms with Crippen LogP contribution in [0, 0.1) is 12.8 Å². The zero-order chi connectivity index (χ0) is 11.6. The molecular formula is C12H18N2O. The lowest BCUT2D eigenvalue weighted by Crippen LogP contribution is -2.15. The van der Waals surface area contributed by atoms with Crippen LogP contribution in [0.25, 0.3) is 0 Å². The molecule has 0 spiro atoms. The average molecular weight is 206 g/mol. The van der Waals surface area contributed by atoms with Gasteiger partial charge in [0.1, 0.15) is 0 Å². The Bertz CT molecular complexity index is 383. The van der Waals surface area contributed by atoms with E-state index in [2.05, 4.69) is 0 Å². The minimum atomic E-state index is -0.0161. The van der Waals surface area contributed by atoms with Crippen molar-refractivity contribution in [1.29, 1.82) is 0 Å². The Morgan fingerprint density at radius 1 is 1.40 bits per heavy atom. The van der Waals surface area contributed by atoms with Crippen molar-refractivity contribution in [2.45, 2.75) is 27.3 Å². The second-order valence-electron chi connectivity index (χ2n) is 4.10. The Balaban J connectivity index is 3.33. The quantitative estimate of drug-likeness (QED) is 0.586. The van der Waals surface area contributed by atoms with Gasteiger partial charge in [0.25, 0.3) is 0 Å². The second kappa shape index (κ2) is 4.45. The van der Waals surface area contributed by atoms with Crippen molar-refractivity contribution in [3.8, 4) is 0 Å². The highest BCUT2D eigenvalue weighted by molar-refractivity contribution is 6.00. The maximum atomic E-state index is 12.0. The van der Waals surface area contributed by atoms with Crippen LogP contribution in [0.4, 0.5) is 5.69 Å². The number of Topliss-reactive ketones (excluding diaryl/α,β-unsaturated/α-hetero) is 1. The van der Waals surface area contributed by atoms with Gasteiger partial charge in [0.15, 0.2) is 5.78 Å². The van der Waals surface area contributed by atoms with Gasteiger partial charge in [-0.2, -0.15) is 0 Å². The summed E-state index contributed by atoms with van der Waals surface area (Å²) in [4.78, 5) is 12.0. The fourth-order valence-corrected chi connectivity index (χ4v) is 1.69. The van der Waals surface area contributed by atoms with Crippen LogP contribution in [0.2, 0.25) is 0 Å². The van der Waals surface area contributed by atoms with E-state index in [4.69, 9.17) is 11.5 Å². The third-order valence-electron chi connectivity index (χ3n) is 2.43. The number of hydrogen-bond donors (Lipinski definition) is 2. The highest BCUT2D eigenvalue weighted by atomic mass is 16.1. The van der Waals surface area contributed by atoms with Gasteiger partial charge in [0.2, 0.25) is 0 Å². The predicted molar refractivity (Wildman–Crippen MR) is 62.7 cm³/mol. The molecule has 1 rings (SSSR count). The van der Waals surface area contributed by atoms with E-state index >= 15 is 0 Å².